The van der Waals surface area contributed by atoms with Crippen molar-refractivity contribution >= 4 is 11.0 Å². The highest BCUT2D eigenvalue weighted by atomic mass is 19.1. The van der Waals surface area contributed by atoms with E-state index in [0.29, 0.717) is 37.3 Å². The normalized spacial score (nSPS) is 16.2. The molecule has 2 aromatic carbocycles. The monoisotopic (exact) mass is 355 g/mol. The smallest absolute Gasteiger partial charge is 0.149 e. The lowest BCUT2D eigenvalue weighted by Crippen LogP contribution is -2.52. The number of fused-ring (bicyclic) bond motifs is 1. The van der Waals surface area contributed by atoms with Crippen LogP contribution in [0.25, 0.3) is 16.7 Å². The standard InChI is InChI=1S/C20H22FN3O2/c1-23(11-20(12-25)13-26-14-20)10-18-22-17-9-5-8-16(21)19(17)24(18)15-6-3-2-4-7-15/h2-9,25H,10-14H2,1H3. The fourth-order valence-electron chi connectivity index (χ4n) is 3.59. The van der Waals surface area contributed by atoms with Crippen LogP contribution in [0.3, 0.4) is 0 Å². The predicted molar refractivity (Wildman–Crippen MR) is 97.7 cm³/mol. The second kappa shape index (κ2) is 6.79. The van der Waals surface area contributed by atoms with E-state index in [0.717, 1.165) is 11.5 Å². The summed E-state index contributed by atoms with van der Waals surface area (Å²) >= 11 is 0. The van der Waals surface area contributed by atoms with E-state index in [-0.39, 0.29) is 17.8 Å². The third-order valence-corrected chi connectivity index (χ3v) is 4.88. The molecular formula is C20H22FN3O2. The van der Waals surface area contributed by atoms with Crippen LogP contribution < -0.4 is 0 Å². The minimum absolute atomic E-state index is 0.0983. The number of hydrogen-bond acceptors (Lipinski definition) is 4. The number of halogens is 1. The first kappa shape index (κ1) is 17.1. The highest BCUT2D eigenvalue weighted by Gasteiger charge is 2.39. The van der Waals surface area contributed by atoms with Crippen LogP contribution in [0.1, 0.15) is 5.82 Å². The molecule has 1 saturated heterocycles. The lowest BCUT2D eigenvalue weighted by atomic mass is 9.86. The van der Waals surface area contributed by atoms with Crippen LogP contribution in [-0.2, 0) is 11.3 Å². The lowest BCUT2D eigenvalue weighted by Gasteiger charge is -2.42. The number of rotatable bonds is 6. The van der Waals surface area contributed by atoms with Crippen molar-refractivity contribution in [2.45, 2.75) is 6.54 Å². The van der Waals surface area contributed by atoms with Crippen molar-refractivity contribution in [3.8, 4) is 5.69 Å². The molecule has 0 spiro atoms. The van der Waals surface area contributed by atoms with Gasteiger partial charge in [0.1, 0.15) is 17.2 Å². The van der Waals surface area contributed by atoms with Gasteiger partial charge in [-0.2, -0.15) is 0 Å². The van der Waals surface area contributed by atoms with Crippen molar-refractivity contribution in [1.82, 2.24) is 14.5 Å². The van der Waals surface area contributed by atoms with Gasteiger partial charge in [0.2, 0.25) is 0 Å². The molecule has 26 heavy (non-hydrogen) atoms. The number of benzene rings is 2. The Morgan fingerprint density at radius 1 is 1.19 bits per heavy atom. The van der Waals surface area contributed by atoms with E-state index in [4.69, 9.17) is 4.74 Å². The predicted octanol–water partition coefficient (Wildman–Crippen LogP) is 2.61. The summed E-state index contributed by atoms with van der Waals surface area (Å²) in [5.41, 5.74) is 1.81. The van der Waals surface area contributed by atoms with Gasteiger partial charge in [-0.15, -0.1) is 0 Å². The van der Waals surface area contributed by atoms with Gasteiger partial charge in [0, 0.05) is 12.2 Å². The van der Waals surface area contributed by atoms with Crippen LogP contribution in [-0.4, -0.2) is 53.0 Å². The minimum Gasteiger partial charge on any atom is -0.396 e. The maximum absolute atomic E-state index is 14.5. The van der Waals surface area contributed by atoms with Crippen molar-refractivity contribution < 1.29 is 14.2 Å². The van der Waals surface area contributed by atoms with E-state index in [2.05, 4.69) is 9.88 Å². The molecule has 4 rings (SSSR count). The Kier molecular flexibility index (Phi) is 4.48. The first-order valence-corrected chi connectivity index (χ1v) is 8.70. The third-order valence-electron chi connectivity index (χ3n) is 4.88. The second-order valence-electron chi connectivity index (χ2n) is 7.13. The molecule has 2 heterocycles. The topological polar surface area (TPSA) is 50.5 Å². The minimum atomic E-state index is -0.285. The van der Waals surface area contributed by atoms with E-state index >= 15 is 0 Å². The number of hydrogen-bond donors (Lipinski definition) is 1. The zero-order chi connectivity index (χ0) is 18.1. The second-order valence-corrected chi connectivity index (χ2v) is 7.13. The Labute approximate surface area is 151 Å². The third kappa shape index (κ3) is 3.00. The summed E-state index contributed by atoms with van der Waals surface area (Å²) in [6.45, 7) is 2.48. The van der Waals surface area contributed by atoms with E-state index in [1.54, 1.807) is 6.07 Å². The SMILES string of the molecule is CN(Cc1nc2cccc(F)c2n1-c1ccccc1)CC1(CO)COC1. The largest absolute Gasteiger partial charge is 0.396 e. The molecule has 3 aromatic rings. The van der Waals surface area contributed by atoms with Crippen LogP contribution >= 0.6 is 0 Å². The van der Waals surface area contributed by atoms with Gasteiger partial charge in [-0.05, 0) is 31.3 Å². The maximum atomic E-state index is 14.5. The number of imidazole rings is 1. The van der Waals surface area contributed by atoms with Crippen molar-refractivity contribution in [3.05, 3.63) is 60.2 Å². The summed E-state index contributed by atoms with van der Waals surface area (Å²) in [7, 11) is 1.99. The molecule has 1 aromatic heterocycles. The Balaban J connectivity index is 1.71. The first-order valence-electron chi connectivity index (χ1n) is 8.70. The number of para-hydroxylation sites is 2. The molecule has 0 radical (unpaired) electrons. The maximum Gasteiger partial charge on any atom is 0.149 e. The van der Waals surface area contributed by atoms with Gasteiger partial charge < -0.3 is 9.84 Å². The van der Waals surface area contributed by atoms with Crippen LogP contribution in [0.5, 0.6) is 0 Å². The van der Waals surface area contributed by atoms with Gasteiger partial charge >= 0.3 is 0 Å². The Morgan fingerprint density at radius 2 is 1.96 bits per heavy atom. The molecule has 1 aliphatic heterocycles. The molecule has 0 aliphatic carbocycles. The summed E-state index contributed by atoms with van der Waals surface area (Å²) in [5.74, 6) is 0.485. The molecule has 0 saturated carbocycles. The van der Waals surface area contributed by atoms with Crippen LogP contribution in [0.2, 0.25) is 0 Å². The summed E-state index contributed by atoms with van der Waals surface area (Å²) < 4.78 is 21.7. The first-order chi connectivity index (χ1) is 12.6. The van der Waals surface area contributed by atoms with Crippen LogP contribution in [0.4, 0.5) is 4.39 Å². The molecule has 0 bridgehead atoms. The van der Waals surface area contributed by atoms with Gasteiger partial charge in [-0.1, -0.05) is 24.3 Å². The number of nitrogens with zero attached hydrogens (tertiary/aromatic N) is 3. The molecule has 6 heteroatoms. The highest BCUT2D eigenvalue weighted by molar-refractivity contribution is 5.79. The van der Waals surface area contributed by atoms with E-state index in [1.807, 2.05) is 48.0 Å². The zero-order valence-corrected chi connectivity index (χ0v) is 14.7. The van der Waals surface area contributed by atoms with Crippen molar-refractivity contribution in [2.75, 3.05) is 33.4 Å². The molecule has 0 amide bonds. The fourth-order valence-corrected chi connectivity index (χ4v) is 3.59. The van der Waals surface area contributed by atoms with Gasteiger partial charge in [0.25, 0.3) is 0 Å². The summed E-state index contributed by atoms with van der Waals surface area (Å²) in [6, 6.07) is 14.7. The van der Waals surface area contributed by atoms with Gasteiger partial charge in [0.15, 0.2) is 0 Å². The average Bonchev–Trinajstić information content (AvgIpc) is 2.98. The molecule has 136 valence electrons. The van der Waals surface area contributed by atoms with Gasteiger partial charge in [-0.3, -0.25) is 9.47 Å². The lowest BCUT2D eigenvalue weighted by molar-refractivity contribution is -0.147. The molecule has 0 unspecified atom stereocenters. The van der Waals surface area contributed by atoms with Crippen LogP contribution in [0, 0.1) is 11.2 Å². The number of ether oxygens (including phenoxy) is 1. The molecular weight excluding hydrogens is 333 g/mol. The number of aliphatic hydroxyl groups is 1. The van der Waals surface area contributed by atoms with Gasteiger partial charge in [-0.25, -0.2) is 9.37 Å². The average molecular weight is 355 g/mol. The van der Waals surface area contributed by atoms with Crippen molar-refractivity contribution in [2.24, 2.45) is 5.41 Å². The zero-order valence-electron chi connectivity index (χ0n) is 14.7. The van der Waals surface area contributed by atoms with E-state index < -0.39 is 0 Å². The van der Waals surface area contributed by atoms with E-state index in [9.17, 15) is 9.50 Å². The van der Waals surface area contributed by atoms with Gasteiger partial charge in [0.05, 0.1) is 37.3 Å². The molecule has 1 N–H and O–H groups in total. The summed E-state index contributed by atoms with van der Waals surface area (Å²) in [5, 5.41) is 9.66. The molecule has 1 aliphatic rings. The highest BCUT2D eigenvalue weighted by Crippen LogP contribution is 2.29. The Bertz CT molecular complexity index is 901. The number of aromatic nitrogens is 2. The number of aliphatic hydroxyl groups excluding tert-OH is 1. The molecule has 1 fully saturated rings. The quantitative estimate of drug-likeness (QED) is 0.738. The Morgan fingerprint density at radius 3 is 2.62 bits per heavy atom. The summed E-state index contributed by atoms with van der Waals surface area (Å²) in [6.07, 6.45) is 0. The van der Waals surface area contributed by atoms with Crippen molar-refractivity contribution in [3.63, 3.8) is 0 Å². The van der Waals surface area contributed by atoms with Crippen molar-refractivity contribution in [1.29, 1.82) is 0 Å². The summed E-state index contributed by atoms with van der Waals surface area (Å²) in [4.78, 5) is 6.79. The van der Waals surface area contributed by atoms with Crippen LogP contribution in [0.15, 0.2) is 48.5 Å². The Hall–Kier alpha value is -2.28. The molecule has 5 nitrogen and oxygen atoms in total. The van der Waals surface area contributed by atoms with E-state index in [1.165, 1.54) is 6.07 Å². The fraction of sp³-hybridized carbons (Fsp3) is 0.350. The molecule has 0 atom stereocenters.